The van der Waals surface area contributed by atoms with Crippen LogP contribution in [0, 0.1) is 0 Å². The van der Waals surface area contributed by atoms with Crippen molar-refractivity contribution in [2.75, 3.05) is 24.6 Å². The summed E-state index contributed by atoms with van der Waals surface area (Å²) in [5, 5.41) is 9.94. The molecule has 1 aliphatic rings. The van der Waals surface area contributed by atoms with Crippen LogP contribution in [-0.4, -0.2) is 41.9 Å². The molecule has 0 bridgehead atoms. The highest BCUT2D eigenvalue weighted by atomic mass is 16.5. The molecule has 1 aliphatic heterocycles. The second-order valence-electron chi connectivity index (χ2n) is 4.99. The molecule has 1 saturated heterocycles. The van der Waals surface area contributed by atoms with Gasteiger partial charge in [0.25, 0.3) is 0 Å². The number of morpholine rings is 1. The topological polar surface area (TPSA) is 62.7 Å². The molecule has 1 aromatic carbocycles. The standard InChI is InChI=1S/C15H16N2O3/c1-10-9-17(6-7-20-10)11-2-3-14-13(8-11)12(15(18)19)4-5-16-14/h2-5,8,10H,6-7,9H2,1H3,(H,18,19)/t10-/m0/s1. The molecular weight excluding hydrogens is 256 g/mol. The highest BCUT2D eigenvalue weighted by molar-refractivity contribution is 6.03. The van der Waals surface area contributed by atoms with Gasteiger partial charge in [0, 0.05) is 30.4 Å². The van der Waals surface area contributed by atoms with Crippen LogP contribution in [0.25, 0.3) is 10.9 Å². The van der Waals surface area contributed by atoms with Gasteiger partial charge in [-0.1, -0.05) is 0 Å². The molecule has 1 atom stereocenters. The molecular formula is C15H16N2O3. The predicted octanol–water partition coefficient (Wildman–Crippen LogP) is 2.16. The van der Waals surface area contributed by atoms with Crippen molar-refractivity contribution >= 4 is 22.6 Å². The minimum atomic E-state index is -0.926. The normalized spacial score (nSPS) is 19.2. The first-order chi connectivity index (χ1) is 9.65. The van der Waals surface area contributed by atoms with E-state index in [1.807, 2.05) is 25.1 Å². The number of aromatic nitrogens is 1. The van der Waals surface area contributed by atoms with Crippen LogP contribution in [0.3, 0.4) is 0 Å². The Kier molecular flexibility index (Phi) is 3.28. The summed E-state index contributed by atoms with van der Waals surface area (Å²) in [6.07, 6.45) is 1.72. The Morgan fingerprint density at radius 3 is 3.05 bits per heavy atom. The third kappa shape index (κ3) is 2.32. The Morgan fingerprint density at radius 1 is 1.45 bits per heavy atom. The van der Waals surface area contributed by atoms with Crippen molar-refractivity contribution in [2.24, 2.45) is 0 Å². The highest BCUT2D eigenvalue weighted by Gasteiger charge is 2.18. The third-order valence-electron chi connectivity index (χ3n) is 3.56. The molecule has 1 N–H and O–H groups in total. The number of carbonyl (C=O) groups is 1. The molecule has 0 saturated carbocycles. The summed E-state index contributed by atoms with van der Waals surface area (Å²) in [5.41, 5.74) is 2.01. The SMILES string of the molecule is C[C@H]1CN(c2ccc3nccc(C(=O)O)c3c2)CCO1. The van der Waals surface area contributed by atoms with Gasteiger partial charge in [0.05, 0.1) is 23.8 Å². The lowest BCUT2D eigenvalue weighted by molar-refractivity contribution is 0.0532. The first-order valence-corrected chi connectivity index (χ1v) is 6.64. The molecule has 2 aromatic rings. The molecule has 20 heavy (non-hydrogen) atoms. The fourth-order valence-corrected chi connectivity index (χ4v) is 2.57. The molecule has 5 nitrogen and oxygen atoms in total. The van der Waals surface area contributed by atoms with E-state index in [-0.39, 0.29) is 11.7 Å². The number of anilines is 1. The van der Waals surface area contributed by atoms with Gasteiger partial charge in [0.2, 0.25) is 0 Å². The highest BCUT2D eigenvalue weighted by Crippen LogP contribution is 2.25. The maximum Gasteiger partial charge on any atom is 0.336 e. The van der Waals surface area contributed by atoms with E-state index in [4.69, 9.17) is 4.74 Å². The fourth-order valence-electron chi connectivity index (χ4n) is 2.57. The summed E-state index contributed by atoms with van der Waals surface area (Å²) < 4.78 is 5.53. The lowest BCUT2D eigenvalue weighted by Gasteiger charge is -2.33. The Morgan fingerprint density at radius 2 is 2.30 bits per heavy atom. The summed E-state index contributed by atoms with van der Waals surface area (Å²) in [4.78, 5) is 17.7. The van der Waals surface area contributed by atoms with Gasteiger partial charge in [0.15, 0.2) is 0 Å². The quantitative estimate of drug-likeness (QED) is 0.907. The molecule has 1 aromatic heterocycles. The molecule has 5 heteroatoms. The molecule has 104 valence electrons. The summed E-state index contributed by atoms with van der Waals surface area (Å²) in [6.45, 7) is 4.36. The zero-order valence-electron chi connectivity index (χ0n) is 11.2. The molecule has 0 unspecified atom stereocenters. The van der Waals surface area contributed by atoms with Gasteiger partial charge in [-0.3, -0.25) is 4.98 Å². The summed E-state index contributed by atoms with van der Waals surface area (Å²) in [7, 11) is 0. The number of nitrogens with zero attached hydrogens (tertiary/aromatic N) is 2. The summed E-state index contributed by atoms with van der Waals surface area (Å²) in [5.74, 6) is -0.926. The first kappa shape index (κ1) is 12.9. The number of benzene rings is 1. The van der Waals surface area contributed by atoms with Crippen LogP contribution in [0.1, 0.15) is 17.3 Å². The number of fused-ring (bicyclic) bond motifs is 1. The molecule has 2 heterocycles. The molecule has 1 fully saturated rings. The van der Waals surface area contributed by atoms with Crippen molar-refractivity contribution in [3.05, 3.63) is 36.0 Å². The maximum absolute atomic E-state index is 11.3. The van der Waals surface area contributed by atoms with Gasteiger partial charge in [-0.05, 0) is 31.2 Å². The van der Waals surface area contributed by atoms with Gasteiger partial charge in [-0.15, -0.1) is 0 Å². The van der Waals surface area contributed by atoms with E-state index >= 15 is 0 Å². The maximum atomic E-state index is 11.3. The van der Waals surface area contributed by atoms with Crippen molar-refractivity contribution in [1.82, 2.24) is 4.98 Å². The Hall–Kier alpha value is -2.14. The van der Waals surface area contributed by atoms with Crippen molar-refractivity contribution in [3.63, 3.8) is 0 Å². The Bertz CT molecular complexity index is 657. The van der Waals surface area contributed by atoms with Crippen molar-refractivity contribution in [2.45, 2.75) is 13.0 Å². The number of pyridine rings is 1. The van der Waals surface area contributed by atoms with Crippen LogP contribution in [-0.2, 0) is 4.74 Å². The second kappa shape index (κ2) is 5.09. The van der Waals surface area contributed by atoms with E-state index < -0.39 is 5.97 Å². The number of carboxylic acids is 1. The number of aromatic carboxylic acids is 1. The number of hydrogen-bond donors (Lipinski definition) is 1. The molecule has 0 radical (unpaired) electrons. The van der Waals surface area contributed by atoms with Crippen LogP contribution >= 0.6 is 0 Å². The van der Waals surface area contributed by atoms with Crippen LogP contribution in [0.2, 0.25) is 0 Å². The van der Waals surface area contributed by atoms with Gasteiger partial charge >= 0.3 is 5.97 Å². The average molecular weight is 272 g/mol. The van der Waals surface area contributed by atoms with Gasteiger partial charge in [0.1, 0.15) is 0 Å². The van der Waals surface area contributed by atoms with Crippen molar-refractivity contribution < 1.29 is 14.6 Å². The smallest absolute Gasteiger partial charge is 0.336 e. The fraction of sp³-hybridized carbons (Fsp3) is 0.333. The van der Waals surface area contributed by atoms with Gasteiger partial charge < -0.3 is 14.7 Å². The number of carboxylic acid groups (broad SMARTS) is 1. The minimum absolute atomic E-state index is 0.187. The second-order valence-corrected chi connectivity index (χ2v) is 4.99. The van der Waals surface area contributed by atoms with Crippen LogP contribution in [0.5, 0.6) is 0 Å². The number of ether oxygens (including phenoxy) is 1. The number of hydrogen-bond acceptors (Lipinski definition) is 4. The van der Waals surface area contributed by atoms with E-state index in [1.54, 1.807) is 0 Å². The van der Waals surface area contributed by atoms with Crippen molar-refractivity contribution in [1.29, 1.82) is 0 Å². The minimum Gasteiger partial charge on any atom is -0.478 e. The van der Waals surface area contributed by atoms with Gasteiger partial charge in [-0.2, -0.15) is 0 Å². The van der Waals surface area contributed by atoms with Crippen molar-refractivity contribution in [3.8, 4) is 0 Å². The van der Waals surface area contributed by atoms with E-state index in [9.17, 15) is 9.90 Å². The lowest BCUT2D eigenvalue weighted by atomic mass is 10.1. The van der Waals surface area contributed by atoms with Crippen LogP contribution in [0.4, 0.5) is 5.69 Å². The molecule has 0 aliphatic carbocycles. The molecule has 0 amide bonds. The Balaban J connectivity index is 2.05. The van der Waals surface area contributed by atoms with Crippen LogP contribution in [0.15, 0.2) is 30.5 Å². The van der Waals surface area contributed by atoms with Crippen LogP contribution < -0.4 is 4.90 Å². The van der Waals surface area contributed by atoms with Gasteiger partial charge in [-0.25, -0.2) is 4.79 Å². The zero-order valence-corrected chi connectivity index (χ0v) is 11.2. The van der Waals surface area contributed by atoms with E-state index in [0.29, 0.717) is 17.5 Å². The first-order valence-electron chi connectivity index (χ1n) is 6.64. The monoisotopic (exact) mass is 272 g/mol. The third-order valence-corrected chi connectivity index (χ3v) is 3.56. The Labute approximate surface area is 116 Å². The average Bonchev–Trinajstić information content (AvgIpc) is 2.46. The summed E-state index contributed by atoms with van der Waals surface area (Å²) in [6, 6.07) is 7.30. The molecule has 3 rings (SSSR count). The lowest BCUT2D eigenvalue weighted by Crippen LogP contribution is -2.41. The zero-order chi connectivity index (χ0) is 14.1. The predicted molar refractivity (Wildman–Crippen MR) is 76.3 cm³/mol. The van der Waals surface area contributed by atoms with E-state index in [0.717, 1.165) is 18.8 Å². The molecule has 0 spiro atoms. The van der Waals surface area contributed by atoms with E-state index in [1.165, 1.54) is 12.3 Å². The van der Waals surface area contributed by atoms with E-state index in [2.05, 4.69) is 9.88 Å². The number of rotatable bonds is 2. The largest absolute Gasteiger partial charge is 0.478 e. The summed E-state index contributed by atoms with van der Waals surface area (Å²) >= 11 is 0.